The molecule has 0 aliphatic carbocycles. The second-order valence-electron chi connectivity index (χ2n) is 4.05. The number of thiophene rings is 1. The lowest BCUT2D eigenvalue weighted by atomic mass is 10.1. The lowest BCUT2D eigenvalue weighted by molar-refractivity contribution is 0.277. The molecule has 0 saturated heterocycles. The molecule has 1 heterocycles. The van der Waals surface area contributed by atoms with E-state index in [1.165, 1.54) is 4.88 Å². The summed E-state index contributed by atoms with van der Waals surface area (Å²) in [6, 6.07) is 12.0. The summed E-state index contributed by atoms with van der Waals surface area (Å²) in [6.45, 7) is 0.122. The third-order valence-electron chi connectivity index (χ3n) is 2.81. The van der Waals surface area contributed by atoms with Gasteiger partial charge < -0.3 is 15.6 Å². The van der Waals surface area contributed by atoms with E-state index < -0.39 is 0 Å². The molecule has 0 amide bonds. The van der Waals surface area contributed by atoms with Gasteiger partial charge >= 0.3 is 0 Å². The van der Waals surface area contributed by atoms with Gasteiger partial charge in [0.2, 0.25) is 0 Å². The van der Waals surface area contributed by atoms with Crippen LogP contribution >= 0.6 is 11.3 Å². The number of nitrogens with two attached hydrogens (primary N) is 1. The van der Waals surface area contributed by atoms with Crippen LogP contribution in [0.4, 0.5) is 0 Å². The summed E-state index contributed by atoms with van der Waals surface area (Å²) in [5.74, 6) is 0.854. The van der Waals surface area contributed by atoms with E-state index in [9.17, 15) is 0 Å². The van der Waals surface area contributed by atoms with Crippen molar-refractivity contribution >= 4 is 11.3 Å². The van der Waals surface area contributed by atoms with Crippen molar-refractivity contribution in [2.24, 2.45) is 5.73 Å². The molecular formula is C14H17NO2S. The van der Waals surface area contributed by atoms with Gasteiger partial charge in [0.1, 0.15) is 5.75 Å². The number of benzene rings is 1. The van der Waals surface area contributed by atoms with Crippen LogP contribution in [0.3, 0.4) is 0 Å². The first-order valence-corrected chi connectivity index (χ1v) is 6.67. The van der Waals surface area contributed by atoms with E-state index in [-0.39, 0.29) is 12.6 Å². The number of ether oxygens (including phenoxy) is 1. The second-order valence-corrected chi connectivity index (χ2v) is 5.16. The van der Waals surface area contributed by atoms with Crippen LogP contribution < -0.4 is 10.5 Å². The summed E-state index contributed by atoms with van der Waals surface area (Å²) in [7, 11) is 1.66. The predicted octanol–water partition coefficient (Wildman–Crippen LogP) is 2.81. The Morgan fingerprint density at radius 2 is 1.94 bits per heavy atom. The van der Waals surface area contributed by atoms with Crippen LogP contribution in [0, 0.1) is 0 Å². The minimum atomic E-state index is -0.0769. The zero-order valence-electron chi connectivity index (χ0n) is 10.3. The van der Waals surface area contributed by atoms with Crippen molar-refractivity contribution in [3.63, 3.8) is 0 Å². The summed E-state index contributed by atoms with van der Waals surface area (Å²) >= 11 is 1.67. The first-order chi connectivity index (χ1) is 8.74. The highest BCUT2D eigenvalue weighted by molar-refractivity contribution is 7.15. The zero-order valence-corrected chi connectivity index (χ0v) is 11.1. The number of hydrogen-bond donors (Lipinski definition) is 2. The van der Waals surface area contributed by atoms with Crippen LogP contribution in [-0.4, -0.2) is 18.8 Å². The Hall–Kier alpha value is -1.36. The van der Waals surface area contributed by atoms with Crippen molar-refractivity contribution in [2.45, 2.75) is 12.5 Å². The SMILES string of the molecule is COc1ccc(-c2ccc(C(N)CCO)s2)cc1. The largest absolute Gasteiger partial charge is 0.497 e. The normalized spacial score (nSPS) is 12.4. The van der Waals surface area contributed by atoms with Gasteiger partial charge in [-0.25, -0.2) is 0 Å². The number of aliphatic hydroxyl groups excluding tert-OH is 1. The third kappa shape index (κ3) is 2.90. The molecule has 0 fully saturated rings. The molecule has 0 spiro atoms. The van der Waals surface area contributed by atoms with Gasteiger partial charge in [0.25, 0.3) is 0 Å². The third-order valence-corrected chi connectivity index (χ3v) is 4.07. The molecule has 1 atom stereocenters. The lowest BCUT2D eigenvalue weighted by Crippen LogP contribution is -2.09. The summed E-state index contributed by atoms with van der Waals surface area (Å²) in [5, 5.41) is 8.89. The average molecular weight is 263 g/mol. The van der Waals surface area contributed by atoms with Crippen LogP contribution in [0.5, 0.6) is 5.75 Å². The van der Waals surface area contributed by atoms with E-state index in [0.29, 0.717) is 6.42 Å². The number of rotatable bonds is 5. The predicted molar refractivity (Wildman–Crippen MR) is 74.9 cm³/mol. The smallest absolute Gasteiger partial charge is 0.118 e. The lowest BCUT2D eigenvalue weighted by Gasteiger charge is -2.06. The minimum Gasteiger partial charge on any atom is -0.497 e. The fraction of sp³-hybridized carbons (Fsp3) is 0.286. The van der Waals surface area contributed by atoms with Gasteiger partial charge in [-0.05, 0) is 48.4 Å². The Kier molecular flexibility index (Phi) is 4.36. The van der Waals surface area contributed by atoms with Gasteiger partial charge in [-0.15, -0.1) is 11.3 Å². The minimum absolute atomic E-state index is 0.0769. The van der Waals surface area contributed by atoms with Crippen LogP contribution in [0.1, 0.15) is 17.3 Å². The maximum Gasteiger partial charge on any atom is 0.118 e. The van der Waals surface area contributed by atoms with E-state index in [1.54, 1.807) is 18.4 Å². The molecule has 1 aromatic carbocycles. The van der Waals surface area contributed by atoms with Crippen molar-refractivity contribution in [1.29, 1.82) is 0 Å². The molecule has 96 valence electrons. The molecule has 0 aliphatic heterocycles. The van der Waals surface area contributed by atoms with Gasteiger partial charge in [0, 0.05) is 22.4 Å². The van der Waals surface area contributed by atoms with Crippen molar-refractivity contribution in [1.82, 2.24) is 0 Å². The molecule has 0 saturated carbocycles. The van der Waals surface area contributed by atoms with Crippen molar-refractivity contribution in [3.05, 3.63) is 41.3 Å². The molecule has 1 unspecified atom stereocenters. The van der Waals surface area contributed by atoms with Crippen LogP contribution in [0.15, 0.2) is 36.4 Å². The molecule has 4 heteroatoms. The number of hydrogen-bond acceptors (Lipinski definition) is 4. The first kappa shape index (κ1) is 13.1. The molecule has 1 aromatic heterocycles. The summed E-state index contributed by atoms with van der Waals surface area (Å²) < 4.78 is 5.14. The van der Waals surface area contributed by atoms with E-state index in [4.69, 9.17) is 15.6 Å². The fourth-order valence-corrected chi connectivity index (χ4v) is 2.79. The Bertz CT molecular complexity index is 493. The van der Waals surface area contributed by atoms with Crippen molar-refractivity contribution in [2.75, 3.05) is 13.7 Å². The van der Waals surface area contributed by atoms with Gasteiger partial charge in [-0.3, -0.25) is 0 Å². The Morgan fingerprint density at radius 1 is 1.22 bits per heavy atom. The molecule has 3 nitrogen and oxygen atoms in total. The summed E-state index contributed by atoms with van der Waals surface area (Å²) in [4.78, 5) is 2.29. The highest BCUT2D eigenvalue weighted by Crippen LogP contribution is 2.32. The van der Waals surface area contributed by atoms with Gasteiger partial charge in [-0.1, -0.05) is 0 Å². The monoisotopic (exact) mass is 263 g/mol. The molecule has 0 radical (unpaired) electrons. The maximum absolute atomic E-state index is 8.89. The second kappa shape index (κ2) is 6.00. The van der Waals surface area contributed by atoms with E-state index in [2.05, 4.69) is 6.07 Å². The van der Waals surface area contributed by atoms with Crippen LogP contribution in [0.2, 0.25) is 0 Å². The number of aliphatic hydroxyl groups is 1. The van der Waals surface area contributed by atoms with E-state index in [0.717, 1.165) is 16.2 Å². The van der Waals surface area contributed by atoms with E-state index >= 15 is 0 Å². The van der Waals surface area contributed by atoms with Gasteiger partial charge in [0.15, 0.2) is 0 Å². The van der Waals surface area contributed by atoms with Crippen molar-refractivity contribution < 1.29 is 9.84 Å². The Balaban J connectivity index is 2.18. The molecule has 18 heavy (non-hydrogen) atoms. The standard InChI is InChI=1S/C14H17NO2S/c1-17-11-4-2-10(3-5-11)13-6-7-14(18-13)12(15)8-9-16/h2-7,12,16H,8-9,15H2,1H3. The Labute approximate surface area is 111 Å². The number of methoxy groups -OCH3 is 1. The molecule has 3 N–H and O–H groups in total. The van der Waals surface area contributed by atoms with Gasteiger partial charge in [-0.2, -0.15) is 0 Å². The summed E-state index contributed by atoms with van der Waals surface area (Å²) in [6.07, 6.45) is 0.600. The highest BCUT2D eigenvalue weighted by atomic mass is 32.1. The fourth-order valence-electron chi connectivity index (χ4n) is 1.74. The Morgan fingerprint density at radius 3 is 2.56 bits per heavy atom. The summed E-state index contributed by atoms with van der Waals surface area (Å²) in [5.41, 5.74) is 7.13. The molecular weight excluding hydrogens is 246 g/mol. The maximum atomic E-state index is 8.89. The molecule has 0 bridgehead atoms. The average Bonchev–Trinajstić information content (AvgIpc) is 2.89. The van der Waals surface area contributed by atoms with Crippen molar-refractivity contribution in [3.8, 4) is 16.2 Å². The van der Waals surface area contributed by atoms with Crippen LogP contribution in [0.25, 0.3) is 10.4 Å². The quantitative estimate of drug-likeness (QED) is 0.872. The molecule has 2 aromatic rings. The zero-order chi connectivity index (χ0) is 13.0. The molecule has 2 rings (SSSR count). The van der Waals surface area contributed by atoms with Gasteiger partial charge in [0.05, 0.1) is 7.11 Å². The molecule has 0 aliphatic rings. The first-order valence-electron chi connectivity index (χ1n) is 5.85. The highest BCUT2D eigenvalue weighted by Gasteiger charge is 2.09. The van der Waals surface area contributed by atoms with Crippen LogP contribution in [-0.2, 0) is 0 Å². The van der Waals surface area contributed by atoms with E-state index in [1.807, 2.05) is 30.3 Å². The topological polar surface area (TPSA) is 55.5 Å².